The number of likely N-dealkylation sites (tertiary alicyclic amines) is 1. The van der Waals surface area contributed by atoms with Gasteiger partial charge in [0, 0.05) is 31.1 Å². The van der Waals surface area contributed by atoms with Crippen LogP contribution in [-0.4, -0.2) is 35.8 Å². The third-order valence-electron chi connectivity index (χ3n) is 5.77. The van der Waals surface area contributed by atoms with E-state index < -0.39 is 17.5 Å². The first-order chi connectivity index (χ1) is 13.0. The van der Waals surface area contributed by atoms with Gasteiger partial charge < -0.3 is 10.2 Å². The molecule has 1 N–H and O–H groups in total. The van der Waals surface area contributed by atoms with Crippen molar-refractivity contribution in [3.05, 3.63) is 35.4 Å². The number of carbonyl (C=O) groups is 2. The SMILES string of the molecule is O=C(NC1CCCCCCC1)C1CCN(C(=O)c2ccc(F)cc2F)CC1. The molecule has 1 aliphatic carbocycles. The van der Waals surface area contributed by atoms with Gasteiger partial charge in [-0.25, -0.2) is 8.78 Å². The van der Waals surface area contributed by atoms with E-state index in [1.54, 1.807) is 4.90 Å². The molecule has 4 nitrogen and oxygen atoms in total. The Bertz CT molecular complexity index is 664. The fraction of sp³-hybridized carbons (Fsp3) is 0.619. The molecule has 1 aromatic carbocycles. The second kappa shape index (κ2) is 9.29. The normalized spacial score (nSPS) is 20.0. The number of amides is 2. The summed E-state index contributed by atoms with van der Waals surface area (Å²) >= 11 is 0. The highest BCUT2D eigenvalue weighted by molar-refractivity contribution is 5.94. The van der Waals surface area contributed by atoms with Gasteiger partial charge in [0.1, 0.15) is 11.6 Å². The maximum absolute atomic E-state index is 13.8. The molecule has 1 aliphatic heterocycles. The fourth-order valence-electron chi connectivity index (χ4n) is 4.10. The van der Waals surface area contributed by atoms with Crippen LogP contribution in [0.15, 0.2) is 18.2 Å². The number of rotatable bonds is 3. The minimum Gasteiger partial charge on any atom is -0.353 e. The highest BCUT2D eigenvalue weighted by atomic mass is 19.1. The van der Waals surface area contributed by atoms with Gasteiger partial charge in [0.25, 0.3) is 5.91 Å². The van der Waals surface area contributed by atoms with Crippen molar-refractivity contribution in [2.75, 3.05) is 13.1 Å². The lowest BCUT2D eigenvalue weighted by Crippen LogP contribution is -2.45. The van der Waals surface area contributed by atoms with Crippen LogP contribution in [0.3, 0.4) is 0 Å². The van der Waals surface area contributed by atoms with Gasteiger partial charge in [-0.2, -0.15) is 0 Å². The molecule has 1 saturated heterocycles. The zero-order valence-corrected chi connectivity index (χ0v) is 15.7. The first-order valence-corrected chi connectivity index (χ1v) is 10.1. The van der Waals surface area contributed by atoms with Crippen molar-refractivity contribution in [1.82, 2.24) is 10.2 Å². The van der Waals surface area contributed by atoms with Crippen LogP contribution in [0.1, 0.15) is 68.1 Å². The number of benzene rings is 1. The number of piperidine rings is 1. The minimum absolute atomic E-state index is 0.0839. The van der Waals surface area contributed by atoms with Gasteiger partial charge in [-0.15, -0.1) is 0 Å². The number of hydrogen-bond acceptors (Lipinski definition) is 2. The summed E-state index contributed by atoms with van der Waals surface area (Å²) in [7, 11) is 0. The lowest BCUT2D eigenvalue weighted by molar-refractivity contribution is -0.127. The predicted molar refractivity (Wildman–Crippen MR) is 99.2 cm³/mol. The fourth-order valence-corrected chi connectivity index (χ4v) is 4.10. The quantitative estimate of drug-likeness (QED) is 0.863. The van der Waals surface area contributed by atoms with E-state index in [2.05, 4.69) is 5.32 Å². The van der Waals surface area contributed by atoms with Gasteiger partial charge in [-0.05, 0) is 37.8 Å². The lowest BCUT2D eigenvalue weighted by Gasteiger charge is -2.32. The number of nitrogens with one attached hydrogen (secondary N) is 1. The molecule has 2 fully saturated rings. The lowest BCUT2D eigenvalue weighted by atomic mass is 9.93. The molecule has 0 atom stereocenters. The van der Waals surface area contributed by atoms with Gasteiger partial charge in [0.05, 0.1) is 5.56 Å². The zero-order chi connectivity index (χ0) is 19.2. The van der Waals surface area contributed by atoms with Crippen molar-refractivity contribution in [3.8, 4) is 0 Å². The Morgan fingerprint density at radius 1 is 0.926 bits per heavy atom. The molecule has 0 spiro atoms. The molecule has 6 heteroatoms. The summed E-state index contributed by atoms with van der Waals surface area (Å²) in [5, 5.41) is 3.20. The number of nitrogens with zero attached hydrogens (tertiary/aromatic N) is 1. The summed E-state index contributed by atoms with van der Waals surface area (Å²) < 4.78 is 26.9. The Morgan fingerprint density at radius 3 is 2.19 bits per heavy atom. The van der Waals surface area contributed by atoms with E-state index in [0.717, 1.165) is 25.0 Å². The molecule has 148 valence electrons. The highest BCUT2D eigenvalue weighted by Gasteiger charge is 2.29. The van der Waals surface area contributed by atoms with E-state index in [1.165, 1.54) is 38.2 Å². The molecule has 1 heterocycles. The first kappa shape index (κ1) is 19.8. The summed E-state index contributed by atoms with van der Waals surface area (Å²) in [6, 6.07) is 3.26. The smallest absolute Gasteiger partial charge is 0.256 e. The van der Waals surface area contributed by atoms with Gasteiger partial charge in [-0.1, -0.05) is 32.1 Å². The molecule has 27 heavy (non-hydrogen) atoms. The van der Waals surface area contributed by atoms with Gasteiger partial charge in [-0.3, -0.25) is 9.59 Å². The van der Waals surface area contributed by atoms with Gasteiger partial charge >= 0.3 is 0 Å². The van der Waals surface area contributed by atoms with Crippen molar-refractivity contribution in [2.45, 2.75) is 63.8 Å². The summed E-state index contributed by atoms with van der Waals surface area (Å²) in [6.45, 7) is 0.830. The molecule has 0 bridgehead atoms. The van der Waals surface area contributed by atoms with Crippen LogP contribution in [0.25, 0.3) is 0 Å². The van der Waals surface area contributed by atoms with Crippen molar-refractivity contribution in [3.63, 3.8) is 0 Å². The monoisotopic (exact) mass is 378 g/mol. The molecule has 2 amide bonds. The van der Waals surface area contributed by atoms with Crippen molar-refractivity contribution >= 4 is 11.8 Å². The number of hydrogen-bond donors (Lipinski definition) is 1. The Balaban J connectivity index is 1.50. The van der Waals surface area contributed by atoms with Crippen LogP contribution in [0.4, 0.5) is 8.78 Å². The maximum atomic E-state index is 13.8. The Labute approximate surface area is 159 Å². The second-order valence-electron chi connectivity index (χ2n) is 7.74. The zero-order valence-electron chi connectivity index (χ0n) is 15.7. The van der Waals surface area contributed by atoms with Crippen LogP contribution in [0.5, 0.6) is 0 Å². The Morgan fingerprint density at radius 2 is 1.56 bits per heavy atom. The van der Waals surface area contributed by atoms with Crippen molar-refractivity contribution < 1.29 is 18.4 Å². The standard InChI is InChI=1S/C21H28F2N2O2/c22-16-8-9-18(19(23)14-16)21(27)25-12-10-15(11-13-25)20(26)24-17-6-4-2-1-3-5-7-17/h8-9,14-15,17H,1-7,10-13H2,(H,24,26). The molecule has 0 radical (unpaired) electrons. The van der Waals surface area contributed by atoms with Crippen LogP contribution in [-0.2, 0) is 4.79 Å². The second-order valence-corrected chi connectivity index (χ2v) is 7.74. The Hall–Kier alpha value is -1.98. The molecular weight excluding hydrogens is 350 g/mol. The van der Waals surface area contributed by atoms with Gasteiger partial charge in [0.2, 0.25) is 5.91 Å². The van der Waals surface area contributed by atoms with Crippen LogP contribution in [0, 0.1) is 17.6 Å². The molecule has 1 aromatic rings. The van der Waals surface area contributed by atoms with Gasteiger partial charge in [0.15, 0.2) is 0 Å². The summed E-state index contributed by atoms with van der Waals surface area (Å²) in [6.07, 6.45) is 9.36. The van der Waals surface area contributed by atoms with E-state index in [1.807, 2.05) is 0 Å². The molecule has 2 aliphatic rings. The van der Waals surface area contributed by atoms with Crippen LogP contribution < -0.4 is 5.32 Å². The third kappa shape index (κ3) is 5.27. The third-order valence-corrected chi connectivity index (χ3v) is 5.77. The van der Waals surface area contributed by atoms with E-state index >= 15 is 0 Å². The first-order valence-electron chi connectivity index (χ1n) is 10.1. The topological polar surface area (TPSA) is 49.4 Å². The van der Waals surface area contributed by atoms with Crippen LogP contribution in [0.2, 0.25) is 0 Å². The minimum atomic E-state index is -0.843. The van der Waals surface area contributed by atoms with Crippen molar-refractivity contribution in [1.29, 1.82) is 0 Å². The molecular formula is C21H28F2N2O2. The summed E-state index contributed by atoms with van der Waals surface area (Å²) in [5.74, 6) is -2.00. The molecule has 1 saturated carbocycles. The predicted octanol–water partition coefficient (Wildman–Crippen LogP) is 4.05. The Kier molecular flexibility index (Phi) is 6.80. The highest BCUT2D eigenvalue weighted by Crippen LogP contribution is 2.22. The van der Waals surface area contributed by atoms with E-state index in [9.17, 15) is 18.4 Å². The molecule has 3 rings (SSSR count). The maximum Gasteiger partial charge on any atom is 0.256 e. The van der Waals surface area contributed by atoms with Crippen LogP contribution >= 0.6 is 0 Å². The van der Waals surface area contributed by atoms with E-state index in [4.69, 9.17) is 0 Å². The average Bonchev–Trinajstić information content (AvgIpc) is 2.63. The largest absolute Gasteiger partial charge is 0.353 e. The molecule has 0 unspecified atom stereocenters. The average molecular weight is 378 g/mol. The van der Waals surface area contributed by atoms with E-state index in [0.29, 0.717) is 25.9 Å². The molecule has 0 aromatic heterocycles. The van der Waals surface area contributed by atoms with E-state index in [-0.39, 0.29) is 23.4 Å². The number of halogens is 2. The summed E-state index contributed by atoms with van der Waals surface area (Å²) in [4.78, 5) is 26.6. The summed E-state index contributed by atoms with van der Waals surface area (Å²) in [5.41, 5.74) is -0.117. The number of carbonyl (C=O) groups excluding carboxylic acids is 2. The van der Waals surface area contributed by atoms with Crippen molar-refractivity contribution in [2.24, 2.45) is 5.92 Å².